The highest BCUT2D eigenvalue weighted by atomic mass is 16.5. The van der Waals surface area contributed by atoms with Crippen molar-refractivity contribution >= 4 is 11.5 Å². The average molecular weight is 387 g/mol. The predicted molar refractivity (Wildman–Crippen MR) is 106 cm³/mol. The van der Waals surface area contributed by atoms with Gasteiger partial charge in [0.2, 0.25) is 11.8 Å². The lowest BCUT2D eigenvalue weighted by Crippen LogP contribution is -2.41. The largest absolute Gasteiger partial charge is 0.381 e. The molecule has 28 heavy (non-hydrogen) atoms. The van der Waals surface area contributed by atoms with E-state index in [0.717, 1.165) is 18.4 Å². The van der Waals surface area contributed by atoms with E-state index < -0.39 is 0 Å². The SMILES string of the molecule is C/C=C\C=C(/C)c1noc(C2CCN(C(=O)CN/C=C(/CNC)N=N)CC2)n1. The van der Waals surface area contributed by atoms with Crippen molar-refractivity contribution in [3.05, 3.63) is 41.8 Å². The third-order valence-corrected chi connectivity index (χ3v) is 4.55. The van der Waals surface area contributed by atoms with Gasteiger partial charge in [-0.25, -0.2) is 5.53 Å². The number of amides is 1. The third kappa shape index (κ3) is 6.12. The fourth-order valence-corrected chi connectivity index (χ4v) is 2.92. The zero-order valence-corrected chi connectivity index (χ0v) is 16.7. The highest BCUT2D eigenvalue weighted by Crippen LogP contribution is 2.27. The van der Waals surface area contributed by atoms with Crippen molar-refractivity contribution in [3.63, 3.8) is 0 Å². The summed E-state index contributed by atoms with van der Waals surface area (Å²) in [5.41, 5.74) is 8.56. The molecule has 0 aromatic carbocycles. The molecule has 1 fully saturated rings. The summed E-state index contributed by atoms with van der Waals surface area (Å²) in [4.78, 5) is 18.7. The van der Waals surface area contributed by atoms with Gasteiger partial charge in [0.05, 0.1) is 12.2 Å². The summed E-state index contributed by atoms with van der Waals surface area (Å²) in [6.07, 6.45) is 9.04. The van der Waals surface area contributed by atoms with E-state index >= 15 is 0 Å². The van der Waals surface area contributed by atoms with Gasteiger partial charge in [-0.2, -0.15) is 10.1 Å². The lowest BCUT2D eigenvalue weighted by molar-refractivity contribution is -0.131. The van der Waals surface area contributed by atoms with Crippen molar-refractivity contribution in [3.8, 4) is 0 Å². The Morgan fingerprint density at radius 2 is 2.14 bits per heavy atom. The number of nitrogens with zero attached hydrogens (tertiary/aromatic N) is 4. The van der Waals surface area contributed by atoms with Crippen LogP contribution in [0.1, 0.15) is 44.3 Å². The molecular formula is C19H29N7O2. The number of hydrogen-bond acceptors (Lipinski definition) is 8. The number of likely N-dealkylation sites (tertiary alicyclic amines) is 1. The molecule has 0 spiro atoms. The first-order valence-electron chi connectivity index (χ1n) is 9.44. The summed E-state index contributed by atoms with van der Waals surface area (Å²) >= 11 is 0. The summed E-state index contributed by atoms with van der Waals surface area (Å²) in [5.74, 6) is 1.46. The molecule has 3 N–H and O–H groups in total. The Morgan fingerprint density at radius 1 is 1.39 bits per heavy atom. The molecule has 2 heterocycles. The van der Waals surface area contributed by atoms with Gasteiger partial charge < -0.3 is 20.1 Å². The van der Waals surface area contributed by atoms with Gasteiger partial charge in [0.15, 0.2) is 5.82 Å². The van der Waals surface area contributed by atoms with E-state index in [4.69, 9.17) is 10.1 Å². The molecule has 1 aliphatic heterocycles. The third-order valence-electron chi connectivity index (χ3n) is 4.55. The van der Waals surface area contributed by atoms with Gasteiger partial charge in [0.1, 0.15) is 0 Å². The van der Waals surface area contributed by atoms with Crippen LogP contribution in [-0.2, 0) is 4.79 Å². The minimum absolute atomic E-state index is 0.0276. The van der Waals surface area contributed by atoms with Crippen LogP contribution in [-0.4, -0.2) is 54.2 Å². The van der Waals surface area contributed by atoms with Gasteiger partial charge in [-0.15, -0.1) is 0 Å². The molecule has 1 amide bonds. The molecule has 0 unspecified atom stereocenters. The molecule has 1 aliphatic rings. The number of nitrogens with one attached hydrogen (secondary N) is 3. The van der Waals surface area contributed by atoms with Gasteiger partial charge in [0.25, 0.3) is 0 Å². The maximum absolute atomic E-state index is 12.3. The first kappa shape index (κ1) is 21.5. The number of likely N-dealkylation sites (N-methyl/N-ethyl adjacent to an activating group) is 1. The molecule has 0 aliphatic carbocycles. The van der Waals surface area contributed by atoms with Crippen LogP contribution >= 0.6 is 0 Å². The Labute approximate surface area is 165 Å². The predicted octanol–water partition coefficient (Wildman–Crippen LogP) is 2.44. The molecule has 0 bridgehead atoms. The summed E-state index contributed by atoms with van der Waals surface area (Å²) in [6.45, 7) is 5.89. The van der Waals surface area contributed by atoms with Gasteiger partial charge in [-0.05, 0) is 39.3 Å². The van der Waals surface area contributed by atoms with E-state index in [0.29, 0.717) is 37.0 Å². The van der Waals surface area contributed by atoms with Crippen molar-refractivity contribution < 1.29 is 9.32 Å². The highest BCUT2D eigenvalue weighted by Gasteiger charge is 2.27. The number of allylic oxidation sites excluding steroid dienone is 4. The van der Waals surface area contributed by atoms with Gasteiger partial charge in [-0.1, -0.05) is 23.4 Å². The van der Waals surface area contributed by atoms with Crippen LogP contribution in [0.5, 0.6) is 0 Å². The maximum Gasteiger partial charge on any atom is 0.241 e. The van der Waals surface area contributed by atoms with E-state index in [2.05, 4.69) is 25.9 Å². The van der Waals surface area contributed by atoms with Crippen LogP contribution in [0.15, 0.2) is 39.8 Å². The Bertz CT molecular complexity index is 743. The zero-order valence-electron chi connectivity index (χ0n) is 16.7. The van der Waals surface area contributed by atoms with E-state index in [1.807, 2.05) is 37.0 Å². The normalized spacial score (nSPS) is 16.6. The van der Waals surface area contributed by atoms with Crippen LogP contribution in [0.2, 0.25) is 0 Å². The summed E-state index contributed by atoms with van der Waals surface area (Å²) < 4.78 is 5.44. The first-order chi connectivity index (χ1) is 13.6. The Balaban J connectivity index is 1.83. The van der Waals surface area contributed by atoms with Crippen LogP contribution in [0.25, 0.3) is 5.57 Å². The quantitative estimate of drug-likeness (QED) is 0.442. The molecule has 2 rings (SSSR count). The van der Waals surface area contributed by atoms with Crippen LogP contribution in [0.3, 0.4) is 0 Å². The molecule has 0 saturated carbocycles. The molecule has 1 aromatic heterocycles. The van der Waals surface area contributed by atoms with E-state index in [1.54, 1.807) is 13.2 Å². The van der Waals surface area contributed by atoms with Crippen molar-refractivity contribution in [2.24, 2.45) is 5.11 Å². The molecule has 1 aromatic rings. The molecule has 9 nitrogen and oxygen atoms in total. The monoisotopic (exact) mass is 387 g/mol. The number of rotatable bonds is 9. The highest BCUT2D eigenvalue weighted by molar-refractivity contribution is 5.78. The first-order valence-corrected chi connectivity index (χ1v) is 9.44. The fourth-order valence-electron chi connectivity index (χ4n) is 2.92. The second-order valence-corrected chi connectivity index (χ2v) is 6.65. The molecule has 152 valence electrons. The fraction of sp³-hybridized carbons (Fsp3) is 0.526. The Hall–Kier alpha value is -2.81. The van der Waals surface area contributed by atoms with Crippen molar-refractivity contribution in [2.45, 2.75) is 32.6 Å². The van der Waals surface area contributed by atoms with E-state index in [1.165, 1.54) is 0 Å². The zero-order chi connectivity index (χ0) is 20.4. The smallest absolute Gasteiger partial charge is 0.241 e. The molecule has 0 radical (unpaired) electrons. The van der Waals surface area contributed by atoms with Crippen molar-refractivity contribution in [1.82, 2.24) is 25.7 Å². The van der Waals surface area contributed by atoms with E-state index in [9.17, 15) is 4.79 Å². The van der Waals surface area contributed by atoms with Gasteiger partial charge >= 0.3 is 0 Å². The topological polar surface area (TPSA) is 120 Å². The van der Waals surface area contributed by atoms with Crippen molar-refractivity contribution in [2.75, 3.05) is 33.2 Å². The van der Waals surface area contributed by atoms with Crippen LogP contribution in [0, 0.1) is 5.53 Å². The molecular weight excluding hydrogens is 358 g/mol. The Kier molecular flexibility index (Phi) is 8.54. The molecule has 9 heteroatoms. The van der Waals surface area contributed by atoms with Gasteiger partial charge in [0, 0.05) is 31.8 Å². The van der Waals surface area contributed by atoms with E-state index in [-0.39, 0.29) is 18.4 Å². The molecule has 1 saturated heterocycles. The van der Waals surface area contributed by atoms with Crippen molar-refractivity contribution in [1.29, 1.82) is 5.53 Å². The average Bonchev–Trinajstić information content (AvgIpc) is 3.21. The summed E-state index contributed by atoms with van der Waals surface area (Å²) in [6, 6.07) is 0. The number of piperidine rings is 1. The molecule has 0 atom stereocenters. The lowest BCUT2D eigenvalue weighted by atomic mass is 9.96. The number of hydrogen-bond donors (Lipinski definition) is 3. The van der Waals surface area contributed by atoms with Gasteiger partial charge in [-0.3, -0.25) is 4.79 Å². The number of carbonyl (C=O) groups is 1. The second-order valence-electron chi connectivity index (χ2n) is 6.65. The lowest BCUT2D eigenvalue weighted by Gasteiger charge is -2.30. The Morgan fingerprint density at radius 3 is 2.79 bits per heavy atom. The minimum Gasteiger partial charge on any atom is -0.381 e. The second kappa shape index (κ2) is 11.1. The maximum atomic E-state index is 12.3. The number of aromatic nitrogens is 2. The standard InChI is InChI=1S/C19H29N7O2/c1-4-5-6-14(2)18-23-19(28-25-18)15-7-9-26(10-8-15)17(27)13-22-12-16(24-20)11-21-3/h4-6,12,15,20-22H,7-11,13H2,1-3H3/b5-4-,14-6+,16-12-,24-20?. The van der Waals surface area contributed by atoms with Crippen LogP contribution < -0.4 is 10.6 Å². The number of carbonyl (C=O) groups excluding carboxylic acids is 1. The van der Waals surface area contributed by atoms with Crippen LogP contribution in [0.4, 0.5) is 0 Å². The summed E-state index contributed by atoms with van der Waals surface area (Å²) in [7, 11) is 1.78. The summed E-state index contributed by atoms with van der Waals surface area (Å²) in [5, 5.41) is 13.3. The minimum atomic E-state index is 0.0276.